The number of fused-ring (bicyclic) bond motifs is 1. The van der Waals surface area contributed by atoms with Gasteiger partial charge >= 0.3 is 0 Å². The van der Waals surface area contributed by atoms with Gasteiger partial charge in [-0.15, -0.1) is 0 Å². The predicted molar refractivity (Wildman–Crippen MR) is 85.1 cm³/mol. The van der Waals surface area contributed by atoms with Crippen LogP contribution in [0.25, 0.3) is 10.8 Å². The van der Waals surface area contributed by atoms with Crippen LogP contribution in [0.3, 0.4) is 0 Å². The molecule has 3 nitrogen and oxygen atoms in total. The summed E-state index contributed by atoms with van der Waals surface area (Å²) in [4.78, 5) is 4.12. The number of nitriles is 1. The molecule has 1 aromatic heterocycles. The molecule has 0 aliphatic carbocycles. The summed E-state index contributed by atoms with van der Waals surface area (Å²) in [6.07, 6.45) is 4.59. The van der Waals surface area contributed by atoms with E-state index in [0.717, 1.165) is 29.4 Å². The van der Waals surface area contributed by atoms with Crippen LogP contribution >= 0.6 is 0 Å². The second-order valence-corrected chi connectivity index (χ2v) is 4.86. The summed E-state index contributed by atoms with van der Waals surface area (Å²) >= 11 is 0. The van der Waals surface area contributed by atoms with Gasteiger partial charge < -0.3 is 5.32 Å². The number of rotatable bonds is 4. The number of benzene rings is 2. The van der Waals surface area contributed by atoms with Gasteiger partial charge in [0.05, 0.1) is 11.6 Å². The van der Waals surface area contributed by atoms with Gasteiger partial charge in [-0.3, -0.25) is 4.98 Å². The van der Waals surface area contributed by atoms with E-state index in [2.05, 4.69) is 22.4 Å². The molecule has 3 aromatic rings. The van der Waals surface area contributed by atoms with Gasteiger partial charge in [0, 0.05) is 35.4 Å². The Labute approximate surface area is 123 Å². The standard InChI is InChI=1S/C18H15N3/c19-12-15-7-8-18(17-6-2-1-5-16(15)17)21-11-9-14-4-3-10-20-13-14/h1-8,10,13,21H,9,11H2. The van der Waals surface area contributed by atoms with E-state index in [1.807, 2.05) is 48.7 Å². The second kappa shape index (κ2) is 6.06. The van der Waals surface area contributed by atoms with Gasteiger partial charge in [-0.2, -0.15) is 5.26 Å². The number of aromatic nitrogens is 1. The molecule has 0 radical (unpaired) electrons. The fourth-order valence-electron chi connectivity index (χ4n) is 2.44. The highest BCUT2D eigenvalue weighted by atomic mass is 14.9. The third-order valence-electron chi connectivity index (χ3n) is 3.50. The molecule has 102 valence electrons. The van der Waals surface area contributed by atoms with Crippen LogP contribution in [0, 0.1) is 11.3 Å². The first-order valence-corrected chi connectivity index (χ1v) is 6.93. The van der Waals surface area contributed by atoms with Crippen molar-refractivity contribution in [3.05, 3.63) is 72.1 Å². The maximum absolute atomic E-state index is 9.17. The first kappa shape index (κ1) is 13.1. The van der Waals surface area contributed by atoms with E-state index in [0.29, 0.717) is 5.56 Å². The number of hydrogen-bond donors (Lipinski definition) is 1. The molecule has 0 atom stereocenters. The van der Waals surface area contributed by atoms with E-state index in [4.69, 9.17) is 0 Å². The van der Waals surface area contributed by atoms with Gasteiger partial charge in [0.1, 0.15) is 0 Å². The average molecular weight is 273 g/mol. The third-order valence-corrected chi connectivity index (χ3v) is 3.50. The minimum absolute atomic E-state index is 0.711. The van der Waals surface area contributed by atoms with E-state index in [1.54, 1.807) is 6.20 Å². The minimum atomic E-state index is 0.711. The highest BCUT2D eigenvalue weighted by molar-refractivity contribution is 5.97. The van der Waals surface area contributed by atoms with Gasteiger partial charge in [0.15, 0.2) is 0 Å². The summed E-state index contributed by atoms with van der Waals surface area (Å²) in [6, 6.07) is 18.1. The molecular formula is C18H15N3. The summed E-state index contributed by atoms with van der Waals surface area (Å²) in [5, 5.41) is 14.7. The molecule has 1 N–H and O–H groups in total. The lowest BCUT2D eigenvalue weighted by Gasteiger charge is -2.10. The molecule has 0 bridgehead atoms. The first-order valence-electron chi connectivity index (χ1n) is 6.93. The lowest BCUT2D eigenvalue weighted by molar-refractivity contribution is 1.01. The normalized spacial score (nSPS) is 10.2. The van der Waals surface area contributed by atoms with Gasteiger partial charge in [-0.25, -0.2) is 0 Å². The molecule has 0 aliphatic heterocycles. The minimum Gasteiger partial charge on any atom is -0.384 e. The monoisotopic (exact) mass is 273 g/mol. The second-order valence-electron chi connectivity index (χ2n) is 4.86. The SMILES string of the molecule is N#Cc1ccc(NCCc2cccnc2)c2ccccc12. The van der Waals surface area contributed by atoms with Gasteiger partial charge in [-0.1, -0.05) is 30.3 Å². The summed E-state index contributed by atoms with van der Waals surface area (Å²) in [6.45, 7) is 0.835. The van der Waals surface area contributed by atoms with E-state index in [9.17, 15) is 5.26 Å². The molecule has 1 heterocycles. The maximum atomic E-state index is 9.17. The van der Waals surface area contributed by atoms with Crippen molar-refractivity contribution in [1.29, 1.82) is 5.26 Å². The Morgan fingerprint density at radius 2 is 1.86 bits per heavy atom. The zero-order valence-electron chi connectivity index (χ0n) is 11.6. The van der Waals surface area contributed by atoms with Crippen LogP contribution < -0.4 is 5.32 Å². The fraction of sp³-hybridized carbons (Fsp3) is 0.111. The van der Waals surface area contributed by atoms with Crippen molar-refractivity contribution in [3.8, 4) is 6.07 Å². The Bertz CT molecular complexity index is 788. The van der Waals surface area contributed by atoms with Gasteiger partial charge in [0.2, 0.25) is 0 Å². The molecule has 0 spiro atoms. The first-order chi connectivity index (χ1) is 10.4. The maximum Gasteiger partial charge on any atom is 0.0998 e. The highest BCUT2D eigenvalue weighted by Crippen LogP contribution is 2.26. The molecule has 2 aromatic carbocycles. The van der Waals surface area contributed by atoms with Crippen LogP contribution in [0.4, 0.5) is 5.69 Å². The van der Waals surface area contributed by atoms with Crippen molar-refractivity contribution < 1.29 is 0 Å². The molecule has 0 unspecified atom stereocenters. The third kappa shape index (κ3) is 2.85. The van der Waals surface area contributed by atoms with Crippen molar-refractivity contribution in [2.24, 2.45) is 0 Å². The lowest BCUT2D eigenvalue weighted by atomic mass is 10.0. The molecule has 3 heteroatoms. The Kier molecular flexibility index (Phi) is 3.79. The molecule has 0 aliphatic rings. The molecule has 3 rings (SSSR count). The average Bonchev–Trinajstić information content (AvgIpc) is 2.56. The number of pyridine rings is 1. The van der Waals surface area contributed by atoms with E-state index < -0.39 is 0 Å². The van der Waals surface area contributed by atoms with Gasteiger partial charge in [0.25, 0.3) is 0 Å². The summed E-state index contributed by atoms with van der Waals surface area (Å²) < 4.78 is 0. The Morgan fingerprint density at radius 1 is 1.00 bits per heavy atom. The summed E-state index contributed by atoms with van der Waals surface area (Å²) in [7, 11) is 0. The Balaban J connectivity index is 1.80. The fourth-order valence-corrected chi connectivity index (χ4v) is 2.44. The van der Waals surface area contributed by atoms with Crippen molar-refractivity contribution >= 4 is 16.5 Å². The van der Waals surface area contributed by atoms with Crippen molar-refractivity contribution in [1.82, 2.24) is 4.98 Å². The topological polar surface area (TPSA) is 48.7 Å². The van der Waals surface area contributed by atoms with Crippen molar-refractivity contribution in [3.63, 3.8) is 0 Å². The molecule has 21 heavy (non-hydrogen) atoms. The number of nitrogens with zero attached hydrogens (tertiary/aromatic N) is 2. The number of hydrogen-bond acceptors (Lipinski definition) is 3. The highest BCUT2D eigenvalue weighted by Gasteiger charge is 2.04. The Hall–Kier alpha value is -2.86. The van der Waals surface area contributed by atoms with E-state index >= 15 is 0 Å². The van der Waals surface area contributed by atoms with Crippen molar-refractivity contribution in [2.75, 3.05) is 11.9 Å². The van der Waals surface area contributed by atoms with Crippen LogP contribution in [0.15, 0.2) is 60.9 Å². The molecular weight excluding hydrogens is 258 g/mol. The molecule has 0 saturated carbocycles. The zero-order valence-corrected chi connectivity index (χ0v) is 11.6. The quantitative estimate of drug-likeness (QED) is 0.787. The lowest BCUT2D eigenvalue weighted by Crippen LogP contribution is -2.05. The zero-order chi connectivity index (χ0) is 14.5. The van der Waals surface area contributed by atoms with Crippen LogP contribution in [0.1, 0.15) is 11.1 Å². The summed E-state index contributed by atoms with van der Waals surface area (Å²) in [5.41, 5.74) is 2.99. The number of nitrogens with one attached hydrogen (secondary N) is 1. The van der Waals surface area contributed by atoms with Gasteiger partial charge in [-0.05, 0) is 30.2 Å². The van der Waals surface area contributed by atoms with Crippen LogP contribution in [-0.4, -0.2) is 11.5 Å². The predicted octanol–water partition coefficient (Wildman–Crippen LogP) is 3.76. The van der Waals surface area contributed by atoms with E-state index in [-0.39, 0.29) is 0 Å². The molecule has 0 saturated heterocycles. The van der Waals surface area contributed by atoms with Crippen LogP contribution in [0.2, 0.25) is 0 Å². The van der Waals surface area contributed by atoms with E-state index in [1.165, 1.54) is 5.56 Å². The smallest absolute Gasteiger partial charge is 0.0998 e. The Morgan fingerprint density at radius 3 is 2.62 bits per heavy atom. The van der Waals surface area contributed by atoms with Crippen LogP contribution in [-0.2, 0) is 6.42 Å². The summed E-state index contributed by atoms with van der Waals surface area (Å²) in [5.74, 6) is 0. The number of anilines is 1. The van der Waals surface area contributed by atoms with Crippen molar-refractivity contribution in [2.45, 2.75) is 6.42 Å². The largest absolute Gasteiger partial charge is 0.384 e. The molecule has 0 amide bonds. The van der Waals surface area contributed by atoms with Crippen LogP contribution in [0.5, 0.6) is 0 Å². The molecule has 0 fully saturated rings.